The minimum Gasteiger partial charge on any atom is -0.479 e. The van der Waals surface area contributed by atoms with Crippen molar-refractivity contribution in [1.82, 2.24) is 5.32 Å². The van der Waals surface area contributed by atoms with Crippen molar-refractivity contribution >= 4 is 23.5 Å². The van der Waals surface area contributed by atoms with E-state index in [1.807, 2.05) is 0 Å². The van der Waals surface area contributed by atoms with Crippen molar-refractivity contribution < 1.29 is 49.4 Å². The van der Waals surface area contributed by atoms with Crippen LogP contribution in [0.15, 0.2) is 18.2 Å². The Labute approximate surface area is 177 Å². The lowest BCUT2D eigenvalue weighted by molar-refractivity contribution is -0.271. The minimum atomic E-state index is -1.87. The van der Waals surface area contributed by atoms with Gasteiger partial charge in [-0.15, -0.1) is 0 Å². The quantitative estimate of drug-likeness (QED) is 0.232. The van der Waals surface area contributed by atoms with Crippen molar-refractivity contribution in [1.29, 1.82) is 0 Å². The molecule has 0 aliphatic carbocycles. The fourth-order valence-corrected chi connectivity index (χ4v) is 2.80. The Bertz CT molecular complexity index is 802. The molecule has 1 saturated heterocycles. The molecule has 31 heavy (non-hydrogen) atoms. The van der Waals surface area contributed by atoms with Crippen molar-refractivity contribution in [3.8, 4) is 5.75 Å². The fraction of sp³-hybridized carbons (Fsp3) is 0.526. The lowest BCUT2D eigenvalue weighted by atomic mass is 9.99. The number of carboxylic acids is 1. The summed E-state index contributed by atoms with van der Waals surface area (Å²) in [6.07, 6.45) is -8.79. The first-order valence-corrected chi connectivity index (χ1v) is 9.57. The molecular formula is C19H26N2O10. The van der Waals surface area contributed by atoms with E-state index < -0.39 is 42.6 Å². The third-order valence-electron chi connectivity index (χ3n) is 4.55. The van der Waals surface area contributed by atoms with Crippen LogP contribution in [0, 0.1) is 0 Å². The number of aliphatic hydroxyl groups excluding tert-OH is 4. The number of carbonyl (C=O) groups excluding carboxylic acids is 2. The van der Waals surface area contributed by atoms with E-state index in [1.54, 1.807) is 6.92 Å². The summed E-state index contributed by atoms with van der Waals surface area (Å²) >= 11 is 0. The monoisotopic (exact) mass is 442 g/mol. The maximum atomic E-state index is 12.2. The predicted octanol–water partition coefficient (Wildman–Crippen LogP) is -1.70. The molecule has 12 nitrogen and oxygen atoms in total. The van der Waals surface area contributed by atoms with E-state index in [1.165, 1.54) is 18.2 Å². The Hall–Kier alpha value is -2.77. The Morgan fingerprint density at radius 2 is 1.81 bits per heavy atom. The molecule has 1 fully saturated rings. The van der Waals surface area contributed by atoms with Crippen LogP contribution in [0.1, 0.15) is 25.3 Å². The van der Waals surface area contributed by atoms with E-state index in [0.29, 0.717) is 5.56 Å². The number of rotatable bonds is 9. The number of amides is 2. The van der Waals surface area contributed by atoms with Crippen LogP contribution >= 0.6 is 0 Å². The second-order valence-corrected chi connectivity index (χ2v) is 6.84. The molecule has 0 saturated carbocycles. The predicted molar refractivity (Wildman–Crippen MR) is 104 cm³/mol. The molecule has 2 rings (SSSR count). The van der Waals surface area contributed by atoms with Gasteiger partial charge in [0.05, 0.1) is 12.3 Å². The van der Waals surface area contributed by atoms with Crippen LogP contribution in [-0.4, -0.2) is 80.6 Å². The molecule has 1 aliphatic heterocycles. The van der Waals surface area contributed by atoms with Gasteiger partial charge in [0.2, 0.25) is 18.1 Å². The molecule has 1 aromatic rings. The molecule has 1 aliphatic rings. The third-order valence-corrected chi connectivity index (χ3v) is 4.55. The normalized spacial score (nSPS) is 25.5. The van der Waals surface area contributed by atoms with Gasteiger partial charge in [0, 0.05) is 19.4 Å². The fourth-order valence-electron chi connectivity index (χ4n) is 2.80. The van der Waals surface area contributed by atoms with Crippen LogP contribution in [0.2, 0.25) is 0 Å². The number of ether oxygens (including phenoxy) is 2. The molecule has 1 heterocycles. The summed E-state index contributed by atoms with van der Waals surface area (Å²) in [4.78, 5) is 34.7. The van der Waals surface area contributed by atoms with Gasteiger partial charge in [0.15, 0.2) is 6.10 Å². The lowest BCUT2D eigenvalue weighted by Crippen LogP contribution is -2.61. The van der Waals surface area contributed by atoms with Crippen molar-refractivity contribution in [2.75, 3.05) is 11.9 Å². The van der Waals surface area contributed by atoms with Gasteiger partial charge in [-0.25, -0.2) is 4.79 Å². The summed E-state index contributed by atoms with van der Waals surface area (Å²) in [5, 5.41) is 53.4. The second kappa shape index (κ2) is 11.0. The summed E-state index contributed by atoms with van der Waals surface area (Å²) in [6.45, 7) is 1.43. The van der Waals surface area contributed by atoms with Crippen LogP contribution in [0.3, 0.4) is 0 Å². The SMILES string of the molecule is CCC(=O)NCCC(=O)Nc1cc(CO)ccc1O[C@@H]1O[C@H](C(=O)O)[C@@H](O)[C@H](O)[C@H]1O. The van der Waals surface area contributed by atoms with Crippen molar-refractivity contribution in [3.63, 3.8) is 0 Å². The van der Waals surface area contributed by atoms with E-state index >= 15 is 0 Å². The molecule has 0 unspecified atom stereocenters. The summed E-state index contributed by atoms with van der Waals surface area (Å²) < 4.78 is 10.6. The van der Waals surface area contributed by atoms with Gasteiger partial charge in [0.25, 0.3) is 0 Å². The highest BCUT2D eigenvalue weighted by molar-refractivity contribution is 5.92. The molecule has 12 heteroatoms. The van der Waals surface area contributed by atoms with Gasteiger partial charge in [-0.2, -0.15) is 0 Å². The zero-order chi connectivity index (χ0) is 23.1. The van der Waals surface area contributed by atoms with Crippen LogP contribution in [0.25, 0.3) is 0 Å². The van der Waals surface area contributed by atoms with E-state index in [9.17, 15) is 34.8 Å². The van der Waals surface area contributed by atoms with Crippen LogP contribution in [-0.2, 0) is 25.7 Å². The Balaban J connectivity index is 2.15. The molecule has 172 valence electrons. The average Bonchev–Trinajstić information content (AvgIpc) is 2.74. The number of nitrogens with one attached hydrogen (secondary N) is 2. The van der Waals surface area contributed by atoms with Crippen molar-refractivity contribution in [2.24, 2.45) is 0 Å². The first-order valence-electron chi connectivity index (χ1n) is 9.57. The first kappa shape index (κ1) is 24.5. The first-order chi connectivity index (χ1) is 14.7. The summed E-state index contributed by atoms with van der Waals surface area (Å²) in [6, 6.07) is 4.21. The number of hydrogen-bond acceptors (Lipinski definition) is 9. The van der Waals surface area contributed by atoms with Crippen LogP contribution in [0.4, 0.5) is 5.69 Å². The molecule has 0 bridgehead atoms. The number of carboxylic acid groups (broad SMARTS) is 1. The summed E-state index contributed by atoms with van der Waals surface area (Å²) in [5.74, 6) is -2.30. The van der Waals surface area contributed by atoms with E-state index in [4.69, 9.17) is 14.6 Å². The van der Waals surface area contributed by atoms with Gasteiger partial charge in [-0.1, -0.05) is 13.0 Å². The smallest absolute Gasteiger partial charge is 0.335 e. The topological polar surface area (TPSA) is 195 Å². The zero-order valence-corrected chi connectivity index (χ0v) is 16.7. The van der Waals surface area contributed by atoms with Gasteiger partial charge in [-0.3, -0.25) is 9.59 Å². The molecule has 1 aromatic carbocycles. The van der Waals surface area contributed by atoms with Crippen LogP contribution in [0.5, 0.6) is 5.75 Å². The van der Waals surface area contributed by atoms with Gasteiger partial charge in [0.1, 0.15) is 24.1 Å². The van der Waals surface area contributed by atoms with Gasteiger partial charge in [-0.05, 0) is 17.7 Å². The van der Waals surface area contributed by atoms with Gasteiger partial charge >= 0.3 is 5.97 Å². The lowest BCUT2D eigenvalue weighted by Gasteiger charge is -2.38. The Kier molecular flexibility index (Phi) is 8.71. The molecule has 0 radical (unpaired) electrons. The maximum absolute atomic E-state index is 12.2. The number of anilines is 1. The van der Waals surface area contributed by atoms with E-state index in [0.717, 1.165) is 0 Å². The van der Waals surface area contributed by atoms with E-state index in [2.05, 4.69) is 10.6 Å². The third kappa shape index (κ3) is 6.35. The highest BCUT2D eigenvalue weighted by atomic mass is 16.7. The molecule has 7 N–H and O–H groups in total. The molecule has 2 amide bonds. The molecule has 0 aromatic heterocycles. The van der Waals surface area contributed by atoms with Crippen LogP contribution < -0.4 is 15.4 Å². The zero-order valence-electron chi connectivity index (χ0n) is 16.7. The van der Waals surface area contributed by atoms with Crippen molar-refractivity contribution in [2.45, 2.75) is 57.1 Å². The standard InChI is InChI=1S/C19H26N2O10/c1-2-12(23)20-6-5-13(24)21-10-7-9(8-22)3-4-11(10)30-19-16(27)14(25)15(26)17(31-19)18(28)29/h3-4,7,14-17,19,22,25-27H,2,5-6,8H2,1H3,(H,20,23)(H,21,24)(H,28,29)/t14-,15-,16+,17-,19+/m0/s1. The highest BCUT2D eigenvalue weighted by Gasteiger charge is 2.48. The number of aliphatic hydroxyl groups is 4. The maximum Gasteiger partial charge on any atom is 0.335 e. The number of aliphatic carboxylic acids is 1. The van der Waals surface area contributed by atoms with Gasteiger partial charge < -0.3 is 45.6 Å². The van der Waals surface area contributed by atoms with Crippen molar-refractivity contribution in [3.05, 3.63) is 23.8 Å². The summed E-state index contributed by atoms with van der Waals surface area (Å²) in [7, 11) is 0. The van der Waals surface area contributed by atoms with E-state index in [-0.39, 0.29) is 43.3 Å². The Morgan fingerprint density at radius 1 is 1.10 bits per heavy atom. The summed E-state index contributed by atoms with van der Waals surface area (Å²) in [5.41, 5.74) is 0.507. The largest absolute Gasteiger partial charge is 0.479 e. The second-order valence-electron chi connectivity index (χ2n) is 6.84. The average molecular weight is 442 g/mol. The number of carbonyl (C=O) groups is 3. The Morgan fingerprint density at radius 3 is 2.42 bits per heavy atom. The number of benzene rings is 1. The molecule has 5 atom stereocenters. The highest BCUT2D eigenvalue weighted by Crippen LogP contribution is 2.31. The number of hydrogen-bond donors (Lipinski definition) is 7. The molecular weight excluding hydrogens is 416 g/mol. The minimum absolute atomic E-state index is 0.0417. The molecule has 0 spiro atoms.